The van der Waals surface area contributed by atoms with Gasteiger partial charge in [0.1, 0.15) is 5.75 Å². The van der Waals surface area contributed by atoms with Crippen molar-refractivity contribution < 1.29 is 23.8 Å². The normalized spacial score (nSPS) is 14.6. The minimum atomic E-state index is -0.593. The van der Waals surface area contributed by atoms with Crippen LogP contribution in [0.25, 0.3) is 0 Å². The highest BCUT2D eigenvalue weighted by molar-refractivity contribution is 5.39. The van der Waals surface area contributed by atoms with Gasteiger partial charge in [-0.2, -0.15) is 0 Å². The smallest absolute Gasteiger partial charge is 0.205 e. The fourth-order valence-corrected chi connectivity index (χ4v) is 5.28. The number of hydrogen-bond donors (Lipinski definition) is 2. The molecule has 2 N–H and O–H groups in total. The number of halogens is 1. The lowest BCUT2D eigenvalue weighted by atomic mass is 10.0. The Morgan fingerprint density at radius 2 is 1.37 bits per heavy atom. The molecule has 3 rings (SSSR count). The van der Waals surface area contributed by atoms with Crippen molar-refractivity contribution in [2.24, 2.45) is 0 Å². The van der Waals surface area contributed by atoms with Gasteiger partial charge in [-0.15, -0.1) is 0 Å². The lowest BCUT2D eigenvalue weighted by molar-refractivity contribution is -0.929. The molecule has 41 heavy (non-hydrogen) atoms. The summed E-state index contributed by atoms with van der Waals surface area (Å²) < 4.78 is 12.8. The molecule has 0 bridgehead atoms. The number of hydrogen-bond acceptors (Lipinski definition) is 4. The van der Waals surface area contributed by atoms with Gasteiger partial charge in [-0.3, -0.25) is 0 Å². The molecule has 1 aliphatic rings. The zero-order valence-corrected chi connectivity index (χ0v) is 26.9. The Morgan fingerprint density at radius 1 is 0.829 bits per heavy atom. The first-order chi connectivity index (χ1) is 19.3. The van der Waals surface area contributed by atoms with Gasteiger partial charge in [-0.05, 0) is 48.9 Å². The molecule has 0 amide bonds. The second-order valence-electron chi connectivity index (χ2n) is 11.9. The number of aliphatic hydroxyl groups is 1. The maximum Gasteiger partial charge on any atom is 0.205 e. The summed E-state index contributed by atoms with van der Waals surface area (Å²) in [4.78, 5) is 0. The molecule has 234 valence electrons. The quantitative estimate of drug-likeness (QED) is 0.256. The van der Waals surface area contributed by atoms with E-state index < -0.39 is 11.9 Å². The zero-order valence-electron chi connectivity index (χ0n) is 26.9. The summed E-state index contributed by atoms with van der Waals surface area (Å²) in [7, 11) is 0. The molecule has 1 atom stereocenters. The van der Waals surface area contributed by atoms with Crippen LogP contribution < -0.4 is 14.8 Å². The van der Waals surface area contributed by atoms with Crippen LogP contribution in [-0.2, 0) is 17.9 Å². The van der Waals surface area contributed by atoms with Gasteiger partial charge >= 0.3 is 0 Å². The van der Waals surface area contributed by atoms with Crippen LogP contribution in [0.2, 0.25) is 0 Å². The largest absolute Gasteiger partial charge is 1.00 e. The van der Waals surface area contributed by atoms with Gasteiger partial charge in [-0.25, -0.2) is 0 Å². The van der Waals surface area contributed by atoms with Crippen molar-refractivity contribution in [2.75, 3.05) is 32.7 Å². The summed E-state index contributed by atoms with van der Waals surface area (Å²) in [5.41, 5.74) is 3.05. The van der Waals surface area contributed by atoms with Gasteiger partial charge in [0.2, 0.25) is 5.79 Å². The third kappa shape index (κ3) is 13.7. The minimum Gasteiger partial charge on any atom is -1.00 e. The number of ether oxygens (including phenoxy) is 2. The number of rotatable bonds is 17. The minimum absolute atomic E-state index is 0. The van der Waals surface area contributed by atoms with Crippen LogP contribution in [0.4, 0.5) is 0 Å². The monoisotopic (exact) mass is 574 g/mol. The summed E-state index contributed by atoms with van der Waals surface area (Å²) >= 11 is 0. The number of quaternary nitrogens is 1. The second-order valence-corrected chi connectivity index (χ2v) is 11.9. The average Bonchev–Trinajstić information content (AvgIpc) is 2.96. The Morgan fingerprint density at radius 3 is 1.88 bits per heavy atom. The summed E-state index contributed by atoms with van der Waals surface area (Å²) in [6, 6.07) is 15.9. The van der Waals surface area contributed by atoms with Crippen molar-refractivity contribution >= 4 is 0 Å². The van der Waals surface area contributed by atoms with Crippen molar-refractivity contribution in [1.29, 1.82) is 0 Å². The van der Waals surface area contributed by atoms with Crippen LogP contribution in [0.5, 0.6) is 5.75 Å². The standard InChI is InChI=1S/C19H23NO3.C16H36N.FH/c1-19(2)22-13-16-10-15(8-9-18(16)23-19)17(21)12-20-11-14-6-4-3-5-7-14;1-5-9-13-17(14-10-6-2,15-11-7-3)16-12-8-4;/h3-10,17,20-21H,11-13H2,1-2H3;5-16H2,1-4H3;1H/q;+1;/p-1/t17-;;/m0../s1. The molecule has 0 saturated carbocycles. The molecule has 6 heteroatoms. The third-order valence-corrected chi connectivity index (χ3v) is 7.85. The topological polar surface area (TPSA) is 50.7 Å². The van der Waals surface area contributed by atoms with E-state index in [4.69, 9.17) is 9.47 Å². The first kappa shape index (κ1) is 37.0. The van der Waals surface area contributed by atoms with Gasteiger partial charge in [0.25, 0.3) is 0 Å². The summed E-state index contributed by atoms with van der Waals surface area (Å²) in [5.74, 6) is 0.235. The molecule has 0 unspecified atom stereocenters. The molecule has 0 saturated heterocycles. The first-order valence-electron chi connectivity index (χ1n) is 16.0. The van der Waals surface area contributed by atoms with Crippen LogP contribution >= 0.6 is 0 Å². The van der Waals surface area contributed by atoms with Crippen molar-refractivity contribution in [2.45, 2.75) is 118 Å². The molecule has 2 aromatic carbocycles. The molecular weight excluding hydrogens is 515 g/mol. The summed E-state index contributed by atoms with van der Waals surface area (Å²) in [5, 5.41) is 13.6. The van der Waals surface area contributed by atoms with Crippen LogP contribution in [-0.4, -0.2) is 48.1 Å². The number of nitrogens with zero attached hydrogens (tertiary/aromatic N) is 1. The lowest BCUT2D eigenvalue weighted by Crippen LogP contribution is -3.00. The van der Waals surface area contributed by atoms with Gasteiger partial charge in [0, 0.05) is 32.5 Å². The van der Waals surface area contributed by atoms with Gasteiger partial charge < -0.3 is 29.1 Å². The second kappa shape index (κ2) is 20.0. The van der Waals surface area contributed by atoms with E-state index in [-0.39, 0.29) is 4.70 Å². The van der Waals surface area contributed by atoms with Crippen molar-refractivity contribution in [1.82, 2.24) is 5.32 Å². The lowest BCUT2D eigenvalue weighted by Gasteiger charge is -2.39. The van der Waals surface area contributed by atoms with E-state index >= 15 is 0 Å². The molecule has 1 aliphatic heterocycles. The number of unbranched alkanes of at least 4 members (excludes halogenated alkanes) is 4. The predicted molar refractivity (Wildman–Crippen MR) is 168 cm³/mol. The summed E-state index contributed by atoms with van der Waals surface area (Å²) in [6.07, 6.45) is 10.5. The van der Waals surface area contributed by atoms with E-state index in [1.54, 1.807) is 0 Å². The summed E-state index contributed by atoms with van der Waals surface area (Å²) in [6.45, 7) is 20.5. The molecule has 1 heterocycles. The Labute approximate surface area is 250 Å². The van der Waals surface area contributed by atoms with Crippen molar-refractivity contribution in [3.05, 3.63) is 65.2 Å². The fraction of sp³-hybridized carbons (Fsp3) is 0.657. The van der Waals surface area contributed by atoms with E-state index in [9.17, 15) is 5.11 Å². The van der Waals surface area contributed by atoms with E-state index in [1.807, 2.05) is 50.2 Å². The fourth-order valence-electron chi connectivity index (χ4n) is 5.28. The Kier molecular flexibility index (Phi) is 18.1. The number of aliphatic hydroxyl groups excluding tert-OH is 1. The Hall–Kier alpha value is -1.99. The zero-order chi connectivity index (χ0) is 29.3. The molecule has 5 nitrogen and oxygen atoms in total. The highest BCUT2D eigenvalue weighted by Gasteiger charge is 2.28. The van der Waals surface area contributed by atoms with Crippen molar-refractivity contribution in [3.63, 3.8) is 0 Å². The average molecular weight is 575 g/mol. The van der Waals surface area contributed by atoms with Crippen LogP contribution in [0, 0.1) is 0 Å². The predicted octanol–water partition coefficient (Wildman–Crippen LogP) is 5.16. The highest BCUT2D eigenvalue weighted by Crippen LogP contribution is 2.32. The molecule has 2 aromatic rings. The highest BCUT2D eigenvalue weighted by atomic mass is 19.0. The first-order valence-corrected chi connectivity index (χ1v) is 16.0. The SMILES string of the molecule is CC1(C)OCc2cc([C@@H](O)CNCc3ccccc3)ccc2O1.CCCC[N+](CCCC)(CCCC)CCCC.[F-]. The Bertz CT molecular complexity index is 901. The molecule has 0 aromatic heterocycles. The van der Waals surface area contributed by atoms with E-state index in [2.05, 4.69) is 45.1 Å². The maximum absolute atomic E-state index is 10.4. The van der Waals surface area contributed by atoms with Crippen LogP contribution in [0.15, 0.2) is 48.5 Å². The molecule has 0 spiro atoms. The van der Waals surface area contributed by atoms with E-state index in [1.165, 1.54) is 87.6 Å². The van der Waals surface area contributed by atoms with Gasteiger partial charge in [-0.1, -0.05) is 89.8 Å². The molecular formula is C35H59FN2O3. The number of benzene rings is 2. The van der Waals surface area contributed by atoms with Crippen LogP contribution in [0.3, 0.4) is 0 Å². The third-order valence-electron chi connectivity index (χ3n) is 7.85. The Balaban J connectivity index is 0.000000421. The molecule has 0 fully saturated rings. The number of nitrogens with one attached hydrogen (secondary N) is 1. The van der Waals surface area contributed by atoms with E-state index in [0.29, 0.717) is 13.2 Å². The maximum atomic E-state index is 10.4. The molecule has 0 aliphatic carbocycles. The van der Waals surface area contributed by atoms with Gasteiger partial charge in [0.15, 0.2) is 0 Å². The van der Waals surface area contributed by atoms with E-state index in [0.717, 1.165) is 23.4 Å². The van der Waals surface area contributed by atoms with Crippen molar-refractivity contribution in [3.8, 4) is 5.75 Å². The van der Waals surface area contributed by atoms with Gasteiger partial charge in [0.05, 0.1) is 38.9 Å². The van der Waals surface area contributed by atoms with Crippen LogP contribution in [0.1, 0.15) is 116 Å². The number of fused-ring (bicyclic) bond motifs is 1. The molecule has 0 radical (unpaired) electrons.